The van der Waals surface area contributed by atoms with Crippen molar-refractivity contribution >= 4 is 11.3 Å². The predicted molar refractivity (Wildman–Crippen MR) is 46.5 cm³/mol. The molecule has 1 aromatic heterocycles. The standard InChI is InChI=1S/C8H13NOS/c1-8(2,3)7(10)6-4-11-5-9-6/h4-5,7,10H,1-3H3/i7D. The Labute approximate surface area is 72.3 Å². The average molecular weight is 172 g/mol. The van der Waals surface area contributed by atoms with Gasteiger partial charge in [0, 0.05) is 5.38 Å². The van der Waals surface area contributed by atoms with Gasteiger partial charge in [-0.2, -0.15) is 0 Å². The normalized spacial score (nSPS) is 19.1. The van der Waals surface area contributed by atoms with Crippen LogP contribution in [0, 0.1) is 5.41 Å². The maximum Gasteiger partial charge on any atom is 0.102 e. The van der Waals surface area contributed by atoms with Gasteiger partial charge in [-0.15, -0.1) is 11.3 Å². The highest BCUT2D eigenvalue weighted by molar-refractivity contribution is 7.07. The van der Waals surface area contributed by atoms with E-state index in [4.69, 9.17) is 1.37 Å². The Morgan fingerprint density at radius 3 is 2.73 bits per heavy atom. The number of thiazole rings is 1. The van der Waals surface area contributed by atoms with E-state index in [1.165, 1.54) is 11.3 Å². The summed E-state index contributed by atoms with van der Waals surface area (Å²) >= 11 is 1.39. The number of aromatic nitrogens is 1. The summed E-state index contributed by atoms with van der Waals surface area (Å²) in [5.74, 6) is 0. The maximum atomic E-state index is 9.82. The minimum Gasteiger partial charge on any atom is -0.386 e. The molecule has 1 unspecified atom stereocenters. The van der Waals surface area contributed by atoms with Crippen molar-refractivity contribution in [3.8, 4) is 0 Å². The molecule has 1 aromatic rings. The zero-order valence-corrected chi connectivity index (χ0v) is 7.77. The van der Waals surface area contributed by atoms with Crippen LogP contribution in [0.5, 0.6) is 0 Å². The van der Waals surface area contributed by atoms with E-state index >= 15 is 0 Å². The third-order valence-electron chi connectivity index (χ3n) is 1.39. The first-order valence-electron chi connectivity index (χ1n) is 3.97. The van der Waals surface area contributed by atoms with E-state index in [9.17, 15) is 5.11 Å². The van der Waals surface area contributed by atoms with Gasteiger partial charge >= 0.3 is 0 Å². The van der Waals surface area contributed by atoms with Gasteiger partial charge < -0.3 is 5.11 Å². The SMILES string of the molecule is [2H]C(O)(c1cscn1)C(C)(C)C. The molecular formula is C8H13NOS. The Kier molecular flexibility index (Phi) is 1.92. The molecule has 0 aromatic carbocycles. The van der Waals surface area contributed by atoms with Gasteiger partial charge in [0.15, 0.2) is 0 Å². The second-order valence-corrected chi connectivity index (χ2v) is 4.19. The molecule has 0 aliphatic rings. The first-order valence-corrected chi connectivity index (χ1v) is 4.41. The average Bonchev–Trinajstić information content (AvgIpc) is 2.34. The summed E-state index contributed by atoms with van der Waals surface area (Å²) in [5, 5.41) is 11.5. The third-order valence-corrected chi connectivity index (χ3v) is 1.97. The Morgan fingerprint density at radius 1 is 1.73 bits per heavy atom. The Morgan fingerprint density at radius 2 is 2.36 bits per heavy atom. The van der Waals surface area contributed by atoms with Crippen LogP contribution in [-0.2, 0) is 0 Å². The number of nitrogens with zero attached hydrogens (tertiary/aromatic N) is 1. The van der Waals surface area contributed by atoms with Gasteiger partial charge in [-0.3, -0.25) is 0 Å². The first kappa shape index (κ1) is 7.25. The van der Waals surface area contributed by atoms with Crippen LogP contribution in [0.1, 0.15) is 33.9 Å². The summed E-state index contributed by atoms with van der Waals surface area (Å²) < 4.78 is 7.74. The van der Waals surface area contributed by atoms with Gasteiger partial charge in [-0.25, -0.2) is 4.98 Å². The summed E-state index contributed by atoms with van der Waals surface area (Å²) in [4.78, 5) is 3.94. The minimum atomic E-state index is -1.59. The molecule has 11 heavy (non-hydrogen) atoms. The molecule has 0 saturated carbocycles. The van der Waals surface area contributed by atoms with Crippen LogP contribution in [0.25, 0.3) is 0 Å². The second-order valence-electron chi connectivity index (χ2n) is 3.47. The monoisotopic (exact) mass is 172 g/mol. The van der Waals surface area contributed by atoms with Gasteiger partial charge in [-0.1, -0.05) is 20.8 Å². The van der Waals surface area contributed by atoms with Crippen LogP contribution < -0.4 is 0 Å². The van der Waals surface area contributed by atoms with E-state index < -0.39 is 11.5 Å². The molecule has 1 heterocycles. The van der Waals surface area contributed by atoms with Gasteiger partial charge in [0.25, 0.3) is 0 Å². The Hall–Kier alpha value is -0.410. The van der Waals surface area contributed by atoms with Gasteiger partial charge in [0.2, 0.25) is 0 Å². The Balaban J connectivity index is 3.02. The van der Waals surface area contributed by atoms with Crippen molar-refractivity contribution in [2.75, 3.05) is 0 Å². The molecule has 2 nitrogen and oxygen atoms in total. The van der Waals surface area contributed by atoms with Crippen LogP contribution in [0.3, 0.4) is 0 Å². The molecule has 0 aliphatic heterocycles. The van der Waals surface area contributed by atoms with Crippen LogP contribution in [0.4, 0.5) is 0 Å². The molecule has 0 saturated heterocycles. The van der Waals surface area contributed by atoms with E-state index in [-0.39, 0.29) is 0 Å². The van der Waals surface area contributed by atoms with E-state index in [2.05, 4.69) is 4.98 Å². The molecular weight excluding hydrogens is 158 g/mol. The van der Waals surface area contributed by atoms with Gasteiger partial charge in [-0.05, 0) is 5.41 Å². The molecule has 0 radical (unpaired) electrons. The Bertz CT molecular complexity index is 251. The van der Waals surface area contributed by atoms with Crippen molar-refractivity contribution in [2.24, 2.45) is 5.41 Å². The fourth-order valence-electron chi connectivity index (χ4n) is 0.714. The van der Waals surface area contributed by atoms with Crippen LogP contribution in [-0.4, -0.2) is 10.1 Å². The van der Waals surface area contributed by atoms with E-state index in [1.807, 2.05) is 20.8 Å². The molecule has 1 N–H and O–H groups in total. The zero-order chi connectivity index (χ0) is 9.41. The van der Waals surface area contributed by atoms with Crippen molar-refractivity contribution in [3.05, 3.63) is 16.6 Å². The van der Waals surface area contributed by atoms with E-state index in [1.54, 1.807) is 10.9 Å². The molecule has 3 heteroatoms. The smallest absolute Gasteiger partial charge is 0.102 e. The highest BCUT2D eigenvalue weighted by Crippen LogP contribution is 2.31. The molecule has 62 valence electrons. The number of hydrogen-bond donors (Lipinski definition) is 1. The largest absolute Gasteiger partial charge is 0.386 e. The molecule has 1 atom stereocenters. The fourth-order valence-corrected chi connectivity index (χ4v) is 1.25. The first-order chi connectivity index (χ1) is 5.36. The van der Waals surface area contributed by atoms with Crippen LogP contribution in [0.15, 0.2) is 10.9 Å². The molecule has 0 spiro atoms. The quantitative estimate of drug-likeness (QED) is 0.704. The minimum absolute atomic E-state index is 0.431. The lowest BCUT2D eigenvalue weighted by molar-refractivity contribution is 0.0594. The second kappa shape index (κ2) is 2.91. The van der Waals surface area contributed by atoms with Crippen molar-refractivity contribution in [1.29, 1.82) is 0 Å². The topological polar surface area (TPSA) is 33.1 Å². The summed E-state index contributed by atoms with van der Waals surface area (Å²) in [6.45, 7) is 5.46. The van der Waals surface area contributed by atoms with E-state index in [0.29, 0.717) is 5.69 Å². The highest BCUT2D eigenvalue weighted by atomic mass is 32.1. The number of rotatable bonds is 1. The summed E-state index contributed by atoms with van der Waals surface area (Å²) in [6.07, 6.45) is -1.59. The van der Waals surface area contributed by atoms with Crippen molar-refractivity contribution in [1.82, 2.24) is 4.98 Å². The molecule has 1 rings (SSSR count). The molecule has 0 bridgehead atoms. The van der Waals surface area contributed by atoms with Crippen molar-refractivity contribution < 1.29 is 6.48 Å². The predicted octanol–water partition coefficient (Wildman–Crippen LogP) is 2.22. The third kappa shape index (κ3) is 2.01. The summed E-state index contributed by atoms with van der Waals surface area (Å²) in [6, 6.07) is 0. The van der Waals surface area contributed by atoms with Crippen molar-refractivity contribution in [3.63, 3.8) is 0 Å². The lowest BCUT2D eigenvalue weighted by Gasteiger charge is -2.23. The van der Waals surface area contributed by atoms with Crippen LogP contribution >= 0.6 is 11.3 Å². The van der Waals surface area contributed by atoms with E-state index in [0.717, 1.165) is 0 Å². The maximum absolute atomic E-state index is 9.82. The zero-order valence-electron chi connectivity index (χ0n) is 7.96. The van der Waals surface area contributed by atoms with Gasteiger partial charge in [0.1, 0.15) is 6.08 Å². The summed E-state index contributed by atoms with van der Waals surface area (Å²) in [7, 11) is 0. The number of hydrogen-bond acceptors (Lipinski definition) is 3. The van der Waals surface area contributed by atoms with Crippen molar-refractivity contribution in [2.45, 2.75) is 26.9 Å². The molecule has 0 fully saturated rings. The fraction of sp³-hybridized carbons (Fsp3) is 0.625. The summed E-state index contributed by atoms with van der Waals surface area (Å²) in [5.41, 5.74) is 1.54. The molecule has 0 amide bonds. The molecule has 0 aliphatic carbocycles. The van der Waals surface area contributed by atoms with Crippen LogP contribution in [0.2, 0.25) is 0 Å². The lowest BCUT2D eigenvalue weighted by Crippen LogP contribution is -2.17. The lowest BCUT2D eigenvalue weighted by atomic mass is 9.88. The number of aliphatic hydroxyl groups is 1. The highest BCUT2D eigenvalue weighted by Gasteiger charge is 2.24. The van der Waals surface area contributed by atoms with Gasteiger partial charge in [0.05, 0.1) is 12.6 Å².